The monoisotopic (exact) mass is 366 g/mol. The fourth-order valence-electron chi connectivity index (χ4n) is 2.73. The highest BCUT2D eigenvalue weighted by molar-refractivity contribution is 7.89. The molecule has 0 aliphatic carbocycles. The molecule has 1 fully saturated rings. The molecule has 0 bridgehead atoms. The molecule has 132 valence electrons. The van der Waals surface area contributed by atoms with Gasteiger partial charge in [0.05, 0.1) is 0 Å². The number of rotatable bonds is 3. The molecule has 0 amide bonds. The number of aromatic nitrogens is 2. The van der Waals surface area contributed by atoms with E-state index >= 15 is 0 Å². The molecule has 2 heterocycles. The van der Waals surface area contributed by atoms with Crippen LogP contribution in [0.3, 0.4) is 0 Å². The van der Waals surface area contributed by atoms with E-state index in [-0.39, 0.29) is 29.3 Å². The second-order valence-electron chi connectivity index (χ2n) is 5.85. The van der Waals surface area contributed by atoms with Gasteiger partial charge in [-0.3, -0.25) is 9.36 Å². The molecule has 0 aromatic carbocycles. The lowest BCUT2D eigenvalue weighted by molar-refractivity contribution is 0.250. The first-order valence-electron chi connectivity index (χ1n) is 7.18. The zero-order chi connectivity index (χ0) is 16.7. The van der Waals surface area contributed by atoms with E-state index in [0.29, 0.717) is 25.9 Å². The molecule has 0 radical (unpaired) electrons. The van der Waals surface area contributed by atoms with Gasteiger partial charge in [0, 0.05) is 39.4 Å². The van der Waals surface area contributed by atoms with Crippen molar-refractivity contribution in [3.05, 3.63) is 27.0 Å². The smallest absolute Gasteiger partial charge is 0.328 e. The highest BCUT2D eigenvalue weighted by Gasteiger charge is 2.33. The van der Waals surface area contributed by atoms with E-state index in [0.717, 1.165) is 15.3 Å². The van der Waals surface area contributed by atoms with Gasteiger partial charge in [0.15, 0.2) is 4.90 Å². The van der Waals surface area contributed by atoms with Crippen molar-refractivity contribution in [3.8, 4) is 0 Å². The highest BCUT2D eigenvalue weighted by Crippen LogP contribution is 2.23. The Morgan fingerprint density at radius 1 is 1.22 bits per heavy atom. The first kappa shape index (κ1) is 19.9. The number of halogens is 1. The lowest BCUT2D eigenvalue weighted by Crippen LogP contribution is -2.46. The molecular weight excluding hydrogens is 344 g/mol. The number of nitrogens with two attached hydrogens (primary N) is 1. The zero-order valence-corrected chi connectivity index (χ0v) is 15.1. The van der Waals surface area contributed by atoms with Crippen molar-refractivity contribution in [1.82, 2.24) is 13.4 Å². The van der Waals surface area contributed by atoms with Crippen LogP contribution in [0.5, 0.6) is 0 Å². The quantitative estimate of drug-likeness (QED) is 0.757. The van der Waals surface area contributed by atoms with Crippen molar-refractivity contribution in [2.75, 3.05) is 13.1 Å². The van der Waals surface area contributed by atoms with Crippen LogP contribution in [0.15, 0.2) is 20.7 Å². The Bertz CT molecular complexity index is 776. The van der Waals surface area contributed by atoms with Crippen LogP contribution < -0.4 is 17.0 Å². The van der Waals surface area contributed by atoms with E-state index in [2.05, 4.69) is 0 Å². The Balaban J connectivity index is 0.00000264. The largest absolute Gasteiger partial charge is 0.330 e. The van der Waals surface area contributed by atoms with Crippen molar-refractivity contribution in [2.45, 2.75) is 30.7 Å². The minimum absolute atomic E-state index is 0. The molecule has 0 saturated carbocycles. The predicted octanol–water partition coefficient (Wildman–Crippen LogP) is -0.746. The van der Waals surface area contributed by atoms with Gasteiger partial charge in [-0.15, -0.1) is 12.4 Å². The van der Waals surface area contributed by atoms with Crippen LogP contribution in [-0.4, -0.2) is 41.0 Å². The summed E-state index contributed by atoms with van der Waals surface area (Å²) < 4.78 is 28.5. The van der Waals surface area contributed by atoms with Crippen molar-refractivity contribution in [1.29, 1.82) is 0 Å². The summed E-state index contributed by atoms with van der Waals surface area (Å²) in [7, 11) is -1.21. The normalized spacial score (nSPS) is 18.4. The Hall–Kier alpha value is -1.16. The second-order valence-corrected chi connectivity index (χ2v) is 7.76. The van der Waals surface area contributed by atoms with Crippen molar-refractivity contribution < 1.29 is 8.42 Å². The number of sulfonamides is 1. The third-order valence-electron chi connectivity index (χ3n) is 4.27. The van der Waals surface area contributed by atoms with E-state index < -0.39 is 21.3 Å². The summed E-state index contributed by atoms with van der Waals surface area (Å²) in [5.74, 6) is 0.286. The van der Waals surface area contributed by atoms with Crippen LogP contribution in [0, 0.1) is 5.92 Å². The lowest BCUT2D eigenvalue weighted by atomic mass is 9.92. The number of piperidine rings is 1. The van der Waals surface area contributed by atoms with Crippen LogP contribution in [-0.2, 0) is 24.1 Å². The van der Waals surface area contributed by atoms with E-state index in [9.17, 15) is 18.0 Å². The lowest BCUT2D eigenvalue weighted by Gasteiger charge is -2.32. The molecule has 1 aliphatic heterocycles. The van der Waals surface area contributed by atoms with Gasteiger partial charge >= 0.3 is 5.69 Å². The van der Waals surface area contributed by atoms with Gasteiger partial charge in [-0.1, -0.05) is 0 Å². The van der Waals surface area contributed by atoms with Crippen LogP contribution in [0.2, 0.25) is 0 Å². The van der Waals surface area contributed by atoms with Crippen LogP contribution in [0.1, 0.15) is 19.8 Å². The third kappa shape index (κ3) is 3.68. The molecule has 1 aromatic rings. The molecule has 1 atom stereocenters. The molecule has 10 heteroatoms. The van der Waals surface area contributed by atoms with E-state index in [1.807, 2.05) is 6.92 Å². The Morgan fingerprint density at radius 3 is 2.22 bits per heavy atom. The van der Waals surface area contributed by atoms with Gasteiger partial charge in [0.1, 0.15) is 0 Å². The van der Waals surface area contributed by atoms with Gasteiger partial charge in [0.2, 0.25) is 10.0 Å². The molecular formula is C13H23ClN4O4S. The SMILES string of the molecule is CC(N)C1CCN(S(=O)(=O)c2cn(C)c(=O)n(C)c2=O)CC1.Cl. The molecule has 0 spiro atoms. The molecule has 8 nitrogen and oxygen atoms in total. The first-order chi connectivity index (χ1) is 10.2. The van der Waals surface area contributed by atoms with Gasteiger partial charge < -0.3 is 10.3 Å². The fraction of sp³-hybridized carbons (Fsp3) is 0.692. The van der Waals surface area contributed by atoms with Gasteiger partial charge in [0.25, 0.3) is 5.56 Å². The summed E-state index contributed by atoms with van der Waals surface area (Å²) in [6, 6.07) is 0.0234. The summed E-state index contributed by atoms with van der Waals surface area (Å²) in [6.45, 7) is 2.58. The molecule has 1 aliphatic rings. The third-order valence-corrected chi connectivity index (χ3v) is 6.16. The molecule has 2 rings (SSSR count). The average Bonchev–Trinajstić information content (AvgIpc) is 2.48. The summed E-state index contributed by atoms with van der Waals surface area (Å²) in [5.41, 5.74) is 4.50. The van der Waals surface area contributed by atoms with Crippen molar-refractivity contribution in [2.24, 2.45) is 25.7 Å². The number of hydrogen-bond acceptors (Lipinski definition) is 5. The second kappa shape index (κ2) is 7.16. The van der Waals surface area contributed by atoms with E-state index in [1.165, 1.54) is 18.4 Å². The van der Waals surface area contributed by atoms with Gasteiger partial charge in [-0.25, -0.2) is 13.2 Å². The molecule has 23 heavy (non-hydrogen) atoms. The van der Waals surface area contributed by atoms with Crippen LogP contribution in [0.4, 0.5) is 0 Å². The van der Waals surface area contributed by atoms with E-state index in [1.54, 1.807) is 0 Å². The summed E-state index contributed by atoms with van der Waals surface area (Å²) in [5, 5.41) is 0. The number of aryl methyl sites for hydroxylation is 1. The fourth-order valence-corrected chi connectivity index (χ4v) is 4.35. The Kier molecular flexibility index (Phi) is 6.19. The Labute approximate surface area is 141 Å². The molecule has 2 N–H and O–H groups in total. The number of hydrogen-bond donors (Lipinski definition) is 1. The van der Waals surface area contributed by atoms with Gasteiger partial charge in [-0.05, 0) is 25.7 Å². The predicted molar refractivity (Wildman–Crippen MR) is 89.3 cm³/mol. The van der Waals surface area contributed by atoms with Crippen LogP contribution >= 0.6 is 12.4 Å². The summed E-state index contributed by atoms with van der Waals surface area (Å²) in [4.78, 5) is 23.4. The molecule has 1 unspecified atom stereocenters. The highest BCUT2D eigenvalue weighted by atomic mass is 35.5. The maximum absolute atomic E-state index is 12.7. The van der Waals surface area contributed by atoms with Gasteiger partial charge in [-0.2, -0.15) is 4.31 Å². The topological polar surface area (TPSA) is 107 Å². The maximum Gasteiger partial charge on any atom is 0.330 e. The van der Waals surface area contributed by atoms with E-state index in [4.69, 9.17) is 5.73 Å². The summed E-state index contributed by atoms with van der Waals surface area (Å²) >= 11 is 0. The van der Waals surface area contributed by atoms with Crippen molar-refractivity contribution in [3.63, 3.8) is 0 Å². The van der Waals surface area contributed by atoms with Crippen LogP contribution in [0.25, 0.3) is 0 Å². The minimum atomic E-state index is -3.90. The molecule has 1 saturated heterocycles. The zero-order valence-electron chi connectivity index (χ0n) is 13.4. The average molecular weight is 367 g/mol. The summed E-state index contributed by atoms with van der Waals surface area (Å²) in [6.07, 6.45) is 2.43. The maximum atomic E-state index is 12.7. The number of nitrogens with zero attached hydrogens (tertiary/aromatic N) is 3. The Morgan fingerprint density at radius 2 is 1.74 bits per heavy atom. The first-order valence-corrected chi connectivity index (χ1v) is 8.62. The standard InChI is InChI=1S/C13H22N4O4S.ClH/c1-9(14)10-4-6-17(7-5-10)22(20,21)11-8-15(2)13(19)16(3)12(11)18;/h8-10H,4-7,14H2,1-3H3;1H. The molecule has 1 aromatic heterocycles. The van der Waals surface area contributed by atoms with Crippen molar-refractivity contribution >= 4 is 22.4 Å². The minimum Gasteiger partial charge on any atom is -0.328 e.